The molecule has 1 amide bonds. The molecule has 0 spiro atoms. The van der Waals surface area contributed by atoms with Crippen molar-refractivity contribution in [2.24, 2.45) is 10.9 Å². The number of sulfonamides is 1. The minimum Gasteiger partial charge on any atom is -0.409 e. The molecule has 1 atom stereocenters. The first-order valence-electron chi connectivity index (χ1n) is 10.2. The highest BCUT2D eigenvalue weighted by atomic mass is 35.5. The third-order valence-electron chi connectivity index (χ3n) is 5.27. The van der Waals surface area contributed by atoms with Gasteiger partial charge < -0.3 is 15.8 Å². The molecule has 36 heavy (non-hydrogen) atoms. The van der Waals surface area contributed by atoms with Crippen molar-refractivity contribution >= 4 is 56.3 Å². The number of alkyl halides is 4. The monoisotopic (exact) mass is 591 g/mol. The molecule has 1 unspecified atom stereocenters. The minimum absolute atomic E-state index is 0.0303. The Morgan fingerprint density at radius 1 is 1.31 bits per heavy atom. The van der Waals surface area contributed by atoms with E-state index in [1.54, 1.807) is 0 Å². The molecule has 1 fully saturated rings. The second kappa shape index (κ2) is 10.7. The highest BCUT2D eigenvalue weighted by molar-refractivity contribution is 7.89. The number of amidine groups is 1. The van der Waals surface area contributed by atoms with E-state index in [2.05, 4.69) is 10.1 Å². The predicted octanol–water partition coefficient (Wildman–Crippen LogP) is 4.01. The van der Waals surface area contributed by atoms with Gasteiger partial charge in [-0.1, -0.05) is 34.4 Å². The lowest BCUT2D eigenvalue weighted by Crippen LogP contribution is -2.43. The van der Waals surface area contributed by atoms with Gasteiger partial charge in [0.1, 0.15) is 22.8 Å². The van der Waals surface area contributed by atoms with Gasteiger partial charge in [0, 0.05) is 18.7 Å². The zero-order valence-corrected chi connectivity index (χ0v) is 21.5. The Kier molecular flexibility index (Phi) is 8.40. The molecule has 3 rings (SSSR count). The molecule has 0 bridgehead atoms. The molecule has 0 saturated carbocycles. The van der Waals surface area contributed by atoms with Gasteiger partial charge in [-0.2, -0.15) is 17.9 Å². The number of likely N-dealkylation sites (tertiary alicyclic amines) is 1. The molecule has 198 valence electrons. The summed E-state index contributed by atoms with van der Waals surface area (Å²) >= 11 is 13.3. The number of carbonyl (C=O) groups excluding carboxylic acids is 1. The van der Waals surface area contributed by atoms with Crippen LogP contribution in [0, 0.1) is 0 Å². The van der Waals surface area contributed by atoms with Crippen LogP contribution in [0.4, 0.5) is 17.6 Å². The van der Waals surface area contributed by atoms with Crippen LogP contribution in [-0.2, 0) is 10.0 Å². The maximum atomic E-state index is 13.5. The fourth-order valence-corrected chi connectivity index (χ4v) is 6.42. The second-order valence-electron chi connectivity index (χ2n) is 7.77. The highest BCUT2D eigenvalue weighted by Crippen LogP contribution is 2.42. The van der Waals surface area contributed by atoms with Gasteiger partial charge in [-0.05, 0) is 25.8 Å². The van der Waals surface area contributed by atoms with Crippen molar-refractivity contribution in [2.45, 2.75) is 43.1 Å². The van der Waals surface area contributed by atoms with Crippen molar-refractivity contribution in [3.63, 3.8) is 0 Å². The van der Waals surface area contributed by atoms with E-state index in [1.807, 2.05) is 0 Å². The van der Waals surface area contributed by atoms with Crippen LogP contribution in [0.3, 0.4) is 0 Å². The highest BCUT2D eigenvalue weighted by Gasteiger charge is 2.39. The van der Waals surface area contributed by atoms with E-state index in [-0.39, 0.29) is 52.1 Å². The summed E-state index contributed by atoms with van der Waals surface area (Å²) in [4.78, 5) is 18.0. The predicted molar refractivity (Wildman–Crippen MR) is 126 cm³/mol. The fourth-order valence-electron chi connectivity index (χ4n) is 3.28. The maximum absolute atomic E-state index is 13.5. The van der Waals surface area contributed by atoms with Gasteiger partial charge in [0.2, 0.25) is 10.0 Å². The standard InChI is InChI=1S/C19H19Cl2F4N5O4S2/c1-8(19(23,24)25)29-36(33,34)11-3-2-10(12(20)13(11)21)15-14(27-17(35-15)16(26)28-32)18(31)30-6-4-9(22)5-7-30/h2-3,8-9,29,32H,4-7H2,1H3,(H2,26,28). The van der Waals surface area contributed by atoms with Gasteiger partial charge in [-0.15, -0.1) is 11.3 Å². The molecule has 17 heteroatoms. The van der Waals surface area contributed by atoms with E-state index in [0.717, 1.165) is 23.5 Å². The topological polar surface area (TPSA) is 138 Å². The number of nitrogens with zero attached hydrogens (tertiary/aromatic N) is 3. The molecule has 1 aliphatic rings. The number of nitrogens with one attached hydrogen (secondary N) is 1. The first kappa shape index (κ1) is 28.4. The zero-order valence-electron chi connectivity index (χ0n) is 18.3. The Hall–Kier alpha value is -2.20. The molecule has 0 aliphatic carbocycles. The summed E-state index contributed by atoms with van der Waals surface area (Å²) in [6.07, 6.45) is -5.64. The quantitative estimate of drug-likeness (QED) is 0.152. The summed E-state index contributed by atoms with van der Waals surface area (Å²) in [5, 5.41) is 10.8. The molecule has 2 heterocycles. The summed E-state index contributed by atoms with van der Waals surface area (Å²) in [6.45, 7) is 0.853. The number of nitrogens with two attached hydrogens (primary N) is 1. The van der Waals surface area contributed by atoms with Gasteiger partial charge >= 0.3 is 6.18 Å². The van der Waals surface area contributed by atoms with E-state index in [1.165, 1.54) is 9.62 Å². The molecule has 2 aromatic rings. The lowest BCUT2D eigenvalue weighted by molar-refractivity contribution is -0.147. The molecule has 1 saturated heterocycles. The van der Waals surface area contributed by atoms with E-state index in [9.17, 15) is 30.8 Å². The Bertz CT molecular complexity index is 1300. The number of oxime groups is 1. The number of rotatable bonds is 6. The van der Waals surface area contributed by atoms with Crippen molar-refractivity contribution in [2.75, 3.05) is 13.1 Å². The third-order valence-corrected chi connectivity index (χ3v) is 8.96. The minimum atomic E-state index is -4.84. The van der Waals surface area contributed by atoms with Crippen LogP contribution in [0.15, 0.2) is 22.2 Å². The van der Waals surface area contributed by atoms with Crippen molar-refractivity contribution in [3.05, 3.63) is 32.9 Å². The SMILES string of the molecule is CC(NS(=O)(=O)c1ccc(-c2sc(C(N)=NO)nc2C(=O)N2CCC(F)CC2)c(Cl)c1Cl)C(F)(F)F. The Labute approximate surface area is 216 Å². The molecule has 1 aromatic heterocycles. The summed E-state index contributed by atoms with van der Waals surface area (Å²) in [7, 11) is -4.74. The number of amides is 1. The molecule has 9 nitrogen and oxygen atoms in total. The van der Waals surface area contributed by atoms with Crippen LogP contribution in [0.25, 0.3) is 10.4 Å². The average Bonchev–Trinajstić information content (AvgIpc) is 3.24. The van der Waals surface area contributed by atoms with Crippen LogP contribution >= 0.6 is 34.5 Å². The van der Waals surface area contributed by atoms with Gasteiger partial charge in [0.15, 0.2) is 10.8 Å². The van der Waals surface area contributed by atoms with Gasteiger partial charge in [0.25, 0.3) is 5.91 Å². The summed E-state index contributed by atoms with van der Waals surface area (Å²) in [5.41, 5.74) is 5.46. The number of hydrogen-bond donors (Lipinski definition) is 3. The summed E-state index contributed by atoms with van der Waals surface area (Å²) in [6, 6.07) is -0.324. The molecule has 4 N–H and O–H groups in total. The number of benzene rings is 1. The number of halogens is 6. The van der Waals surface area contributed by atoms with Gasteiger partial charge in [-0.3, -0.25) is 4.79 Å². The first-order chi connectivity index (χ1) is 16.7. The van der Waals surface area contributed by atoms with E-state index in [4.69, 9.17) is 34.1 Å². The first-order valence-corrected chi connectivity index (χ1v) is 13.2. The maximum Gasteiger partial charge on any atom is 0.404 e. The van der Waals surface area contributed by atoms with Crippen LogP contribution < -0.4 is 10.5 Å². The Balaban J connectivity index is 2.07. The normalized spacial score (nSPS) is 16.9. The van der Waals surface area contributed by atoms with Gasteiger partial charge in [-0.25, -0.2) is 17.8 Å². The van der Waals surface area contributed by atoms with Crippen LogP contribution in [0.5, 0.6) is 0 Å². The van der Waals surface area contributed by atoms with Crippen molar-refractivity contribution < 1.29 is 36.0 Å². The van der Waals surface area contributed by atoms with E-state index >= 15 is 0 Å². The Morgan fingerprint density at radius 3 is 2.47 bits per heavy atom. The largest absolute Gasteiger partial charge is 0.409 e. The molecule has 1 aliphatic heterocycles. The zero-order chi connectivity index (χ0) is 27.0. The number of aromatic nitrogens is 1. The molecular weight excluding hydrogens is 573 g/mol. The van der Waals surface area contributed by atoms with Crippen LogP contribution in [0.2, 0.25) is 10.0 Å². The van der Waals surface area contributed by atoms with Crippen LogP contribution in [-0.4, -0.2) is 66.7 Å². The number of carbonyl (C=O) groups is 1. The average molecular weight is 592 g/mol. The Morgan fingerprint density at radius 2 is 1.92 bits per heavy atom. The number of hydrogen-bond acceptors (Lipinski definition) is 7. The smallest absolute Gasteiger partial charge is 0.404 e. The van der Waals surface area contributed by atoms with Crippen molar-refractivity contribution in [3.8, 4) is 10.4 Å². The van der Waals surface area contributed by atoms with E-state index < -0.39 is 50.1 Å². The van der Waals surface area contributed by atoms with E-state index in [0.29, 0.717) is 6.92 Å². The molecular formula is C19H19Cl2F4N5O4S2. The number of thiazole rings is 1. The molecule has 0 radical (unpaired) electrons. The van der Waals surface area contributed by atoms with Crippen LogP contribution in [0.1, 0.15) is 35.3 Å². The second-order valence-corrected chi connectivity index (χ2v) is 11.2. The fraction of sp³-hybridized carbons (Fsp3) is 0.421. The lowest BCUT2D eigenvalue weighted by atomic mass is 10.1. The van der Waals surface area contributed by atoms with Gasteiger partial charge in [0.05, 0.1) is 14.9 Å². The third kappa shape index (κ3) is 5.85. The lowest BCUT2D eigenvalue weighted by Gasteiger charge is -2.28. The van der Waals surface area contributed by atoms with Crippen molar-refractivity contribution in [1.82, 2.24) is 14.6 Å². The summed E-state index contributed by atoms with van der Waals surface area (Å²) in [5.74, 6) is -1.02. The van der Waals surface area contributed by atoms with Crippen molar-refractivity contribution in [1.29, 1.82) is 0 Å². The molecule has 1 aromatic carbocycles. The number of piperidine rings is 1. The summed E-state index contributed by atoms with van der Waals surface area (Å²) < 4.78 is 78.7.